The molecule has 2 aromatic carbocycles. The van der Waals surface area contributed by atoms with Crippen molar-refractivity contribution in [1.82, 2.24) is 9.55 Å². The van der Waals surface area contributed by atoms with Gasteiger partial charge in [0.1, 0.15) is 11.9 Å². The van der Waals surface area contributed by atoms with Gasteiger partial charge in [-0.1, -0.05) is 24.3 Å². The molecule has 0 aliphatic carbocycles. The maximum absolute atomic E-state index is 13.3. The van der Waals surface area contributed by atoms with E-state index in [1.807, 2.05) is 18.2 Å². The lowest BCUT2D eigenvalue weighted by molar-refractivity contribution is -0.118. The van der Waals surface area contributed by atoms with Crippen molar-refractivity contribution >= 4 is 11.6 Å². The highest BCUT2D eigenvalue weighted by Gasteiger charge is 2.14. The molecule has 3 aromatic rings. The molecule has 23 heavy (non-hydrogen) atoms. The molecule has 1 unspecified atom stereocenters. The summed E-state index contributed by atoms with van der Waals surface area (Å²) in [5.74, 6) is -0.393. The lowest BCUT2D eigenvalue weighted by atomic mass is 10.1. The highest BCUT2D eigenvalue weighted by Crippen LogP contribution is 2.22. The number of imidazole rings is 1. The number of nitrogens with zero attached hydrogens (tertiary/aromatic N) is 2. The maximum Gasteiger partial charge on any atom is 0.247 e. The third-order valence-corrected chi connectivity index (χ3v) is 3.66. The summed E-state index contributed by atoms with van der Waals surface area (Å²) in [7, 11) is 0. The molecule has 0 aliphatic rings. The van der Waals surface area contributed by atoms with E-state index in [1.54, 1.807) is 48.4 Å². The summed E-state index contributed by atoms with van der Waals surface area (Å²) < 4.78 is 15.0. The number of anilines is 1. The number of nitrogens with one attached hydrogen (secondary N) is 1. The highest BCUT2D eigenvalue weighted by atomic mass is 19.1. The van der Waals surface area contributed by atoms with Gasteiger partial charge in [0, 0.05) is 18.1 Å². The van der Waals surface area contributed by atoms with Gasteiger partial charge in [-0.25, -0.2) is 9.37 Å². The van der Waals surface area contributed by atoms with E-state index in [9.17, 15) is 9.18 Å². The van der Waals surface area contributed by atoms with Crippen molar-refractivity contribution in [3.8, 4) is 11.1 Å². The Kier molecular flexibility index (Phi) is 4.19. The van der Waals surface area contributed by atoms with E-state index in [2.05, 4.69) is 10.3 Å². The van der Waals surface area contributed by atoms with E-state index in [-0.39, 0.29) is 17.8 Å². The molecule has 1 N–H and O–H groups in total. The quantitative estimate of drug-likeness (QED) is 0.795. The van der Waals surface area contributed by atoms with Crippen molar-refractivity contribution in [2.24, 2.45) is 0 Å². The molecule has 0 fully saturated rings. The summed E-state index contributed by atoms with van der Waals surface area (Å²) in [4.78, 5) is 16.1. The number of halogens is 1. The van der Waals surface area contributed by atoms with Gasteiger partial charge in [-0.3, -0.25) is 4.79 Å². The molecular formula is C18H16FN3O. The average Bonchev–Trinajstić information content (AvgIpc) is 3.09. The van der Waals surface area contributed by atoms with E-state index >= 15 is 0 Å². The fraction of sp³-hybridized carbons (Fsp3) is 0.111. The Morgan fingerprint density at radius 1 is 1.17 bits per heavy atom. The molecule has 0 aliphatic heterocycles. The number of aromatic nitrogens is 2. The van der Waals surface area contributed by atoms with Crippen LogP contribution in [0.1, 0.15) is 13.0 Å². The van der Waals surface area contributed by atoms with Crippen LogP contribution in [0.2, 0.25) is 0 Å². The van der Waals surface area contributed by atoms with Gasteiger partial charge in [-0.05, 0) is 42.3 Å². The largest absolute Gasteiger partial charge is 0.325 e. The third-order valence-electron chi connectivity index (χ3n) is 3.66. The van der Waals surface area contributed by atoms with E-state index in [0.717, 1.165) is 11.1 Å². The Hall–Kier alpha value is -2.95. The van der Waals surface area contributed by atoms with Gasteiger partial charge in [0.15, 0.2) is 0 Å². The molecule has 4 nitrogen and oxygen atoms in total. The van der Waals surface area contributed by atoms with Crippen molar-refractivity contribution in [3.05, 3.63) is 73.1 Å². The van der Waals surface area contributed by atoms with Crippen LogP contribution in [-0.4, -0.2) is 15.5 Å². The summed E-state index contributed by atoms with van der Waals surface area (Å²) in [6.45, 7) is 1.80. The number of rotatable bonds is 4. The van der Waals surface area contributed by atoms with Crippen LogP contribution in [0.3, 0.4) is 0 Å². The maximum atomic E-state index is 13.3. The number of amides is 1. The molecule has 0 radical (unpaired) electrons. The van der Waals surface area contributed by atoms with Gasteiger partial charge >= 0.3 is 0 Å². The zero-order valence-electron chi connectivity index (χ0n) is 12.6. The van der Waals surface area contributed by atoms with Crippen LogP contribution in [0.15, 0.2) is 67.3 Å². The molecule has 1 heterocycles. The molecule has 1 aromatic heterocycles. The second kappa shape index (κ2) is 6.44. The summed E-state index contributed by atoms with van der Waals surface area (Å²) >= 11 is 0. The van der Waals surface area contributed by atoms with Crippen molar-refractivity contribution in [2.75, 3.05) is 5.32 Å². The van der Waals surface area contributed by atoms with E-state index < -0.39 is 0 Å². The zero-order chi connectivity index (χ0) is 16.2. The molecule has 0 spiro atoms. The predicted molar refractivity (Wildman–Crippen MR) is 87.4 cm³/mol. The number of carbonyl (C=O) groups is 1. The lowest BCUT2D eigenvalue weighted by Gasteiger charge is -2.13. The zero-order valence-corrected chi connectivity index (χ0v) is 12.6. The molecule has 1 atom stereocenters. The molecular weight excluding hydrogens is 293 g/mol. The van der Waals surface area contributed by atoms with Gasteiger partial charge in [-0.2, -0.15) is 0 Å². The van der Waals surface area contributed by atoms with Crippen LogP contribution < -0.4 is 5.32 Å². The first-order valence-electron chi connectivity index (χ1n) is 7.28. The Morgan fingerprint density at radius 3 is 2.61 bits per heavy atom. The van der Waals surface area contributed by atoms with Crippen molar-refractivity contribution in [1.29, 1.82) is 0 Å². The molecule has 5 heteroatoms. The fourth-order valence-corrected chi connectivity index (χ4v) is 2.29. The van der Waals surface area contributed by atoms with Crippen LogP contribution in [0.25, 0.3) is 11.1 Å². The van der Waals surface area contributed by atoms with E-state index in [0.29, 0.717) is 5.69 Å². The van der Waals surface area contributed by atoms with E-state index in [1.165, 1.54) is 12.1 Å². The molecule has 3 rings (SSSR count). The number of hydrogen-bond donors (Lipinski definition) is 1. The minimum Gasteiger partial charge on any atom is -0.325 e. The standard InChI is InChI=1S/C18H16FN3O/c1-13(22-10-9-20-12-22)18(23)21-17-7-5-14(6-8-17)15-3-2-4-16(19)11-15/h2-13H,1H3,(H,21,23). The molecule has 1 amide bonds. The summed E-state index contributed by atoms with van der Waals surface area (Å²) in [5.41, 5.74) is 2.39. The van der Waals surface area contributed by atoms with Crippen LogP contribution in [0.5, 0.6) is 0 Å². The Morgan fingerprint density at radius 2 is 1.96 bits per heavy atom. The first kappa shape index (κ1) is 15.0. The number of hydrogen-bond acceptors (Lipinski definition) is 2. The van der Waals surface area contributed by atoms with Gasteiger partial charge in [-0.15, -0.1) is 0 Å². The summed E-state index contributed by atoms with van der Waals surface area (Å²) in [6.07, 6.45) is 4.99. The molecule has 0 saturated carbocycles. The first-order valence-corrected chi connectivity index (χ1v) is 7.28. The van der Waals surface area contributed by atoms with Crippen molar-refractivity contribution in [3.63, 3.8) is 0 Å². The van der Waals surface area contributed by atoms with Gasteiger partial charge in [0.05, 0.1) is 6.33 Å². The predicted octanol–water partition coefficient (Wildman–Crippen LogP) is 3.89. The average molecular weight is 309 g/mol. The van der Waals surface area contributed by atoms with Crippen LogP contribution in [0, 0.1) is 5.82 Å². The van der Waals surface area contributed by atoms with Gasteiger partial charge in [0.25, 0.3) is 0 Å². The SMILES string of the molecule is CC(C(=O)Nc1ccc(-c2cccc(F)c2)cc1)n1ccnc1. The van der Waals surface area contributed by atoms with Crippen LogP contribution >= 0.6 is 0 Å². The van der Waals surface area contributed by atoms with Crippen LogP contribution in [-0.2, 0) is 4.79 Å². The monoisotopic (exact) mass is 309 g/mol. The van der Waals surface area contributed by atoms with Gasteiger partial charge < -0.3 is 9.88 Å². The number of carbonyl (C=O) groups excluding carboxylic acids is 1. The van der Waals surface area contributed by atoms with Crippen molar-refractivity contribution < 1.29 is 9.18 Å². The van der Waals surface area contributed by atoms with Crippen LogP contribution in [0.4, 0.5) is 10.1 Å². The second-order valence-corrected chi connectivity index (χ2v) is 5.26. The summed E-state index contributed by atoms with van der Waals surface area (Å²) in [5, 5.41) is 2.86. The van der Waals surface area contributed by atoms with Gasteiger partial charge in [0.2, 0.25) is 5.91 Å². The number of benzene rings is 2. The summed E-state index contributed by atoms with van der Waals surface area (Å²) in [6, 6.07) is 13.4. The highest BCUT2D eigenvalue weighted by molar-refractivity contribution is 5.93. The topological polar surface area (TPSA) is 46.9 Å². The third kappa shape index (κ3) is 3.45. The second-order valence-electron chi connectivity index (χ2n) is 5.26. The molecule has 116 valence electrons. The Bertz CT molecular complexity index is 797. The normalized spacial score (nSPS) is 11.9. The lowest BCUT2D eigenvalue weighted by Crippen LogP contribution is -2.22. The first-order chi connectivity index (χ1) is 11.1. The Balaban J connectivity index is 1.71. The minimum absolute atomic E-state index is 0.124. The van der Waals surface area contributed by atoms with Crippen molar-refractivity contribution in [2.45, 2.75) is 13.0 Å². The van der Waals surface area contributed by atoms with E-state index in [4.69, 9.17) is 0 Å². The molecule has 0 saturated heterocycles. The fourth-order valence-electron chi connectivity index (χ4n) is 2.29. The smallest absolute Gasteiger partial charge is 0.247 e. The minimum atomic E-state index is -0.347. The Labute approximate surface area is 133 Å². The molecule has 0 bridgehead atoms.